The first-order valence-electron chi connectivity index (χ1n) is 7.06. The molecule has 0 saturated heterocycles. The molecule has 0 N–H and O–H groups in total. The molecule has 0 bridgehead atoms. The van der Waals surface area contributed by atoms with Gasteiger partial charge in [-0.15, -0.1) is 5.10 Å². The Bertz CT molecular complexity index is 919. The van der Waals surface area contributed by atoms with Crippen molar-refractivity contribution in [3.8, 4) is 11.8 Å². The Morgan fingerprint density at radius 3 is 3.10 bits per heavy atom. The first-order chi connectivity index (χ1) is 11.0. The summed E-state index contributed by atoms with van der Waals surface area (Å²) in [4.78, 5) is 16.0. The maximum Gasteiger partial charge on any atom is 0.350 e. The van der Waals surface area contributed by atoms with E-state index in [4.69, 9.17) is 13.6 Å². The minimum atomic E-state index is -0.934. The Morgan fingerprint density at radius 2 is 2.29 bits per heavy atom. The third-order valence-electron chi connectivity index (χ3n) is 2.50. The first-order valence-corrected chi connectivity index (χ1v) is 5.56. The number of fused-ring (bicyclic) bond motifs is 1. The summed E-state index contributed by atoms with van der Waals surface area (Å²) in [5.74, 6) is -1.09. The minimum absolute atomic E-state index is 0. The van der Waals surface area contributed by atoms with Gasteiger partial charge >= 0.3 is 5.97 Å². The second-order valence-electron chi connectivity index (χ2n) is 3.68. The van der Waals surface area contributed by atoms with E-state index in [1.807, 2.05) is 0 Å². The van der Waals surface area contributed by atoms with Crippen molar-refractivity contribution in [2.24, 2.45) is 0 Å². The summed E-state index contributed by atoms with van der Waals surface area (Å²) in [6.45, 7) is 0. The fourth-order valence-corrected chi connectivity index (χ4v) is 1.62. The summed E-state index contributed by atoms with van der Waals surface area (Å²) >= 11 is 0. The van der Waals surface area contributed by atoms with Crippen LogP contribution in [0.2, 0.25) is 0 Å². The topological polar surface area (TPSA) is 78.6 Å². The van der Waals surface area contributed by atoms with E-state index < -0.39 is 24.2 Å². The molecule has 3 aromatic rings. The Kier molecular flexibility index (Phi) is 3.44. The third kappa shape index (κ3) is 2.89. The van der Waals surface area contributed by atoms with Crippen molar-refractivity contribution in [1.82, 2.24) is 19.8 Å². The summed E-state index contributed by atoms with van der Waals surface area (Å²) in [7, 11) is 1.25. The maximum atomic E-state index is 12.4. The monoisotopic (exact) mass is 280 g/mol. The molecule has 0 saturated carbocycles. The number of hydrogen-bond acceptors (Lipinski definition) is 6. The van der Waals surface area contributed by atoms with E-state index in [1.54, 1.807) is 12.1 Å². The van der Waals surface area contributed by atoms with Crippen molar-refractivity contribution in [1.29, 1.82) is 0 Å². The zero-order valence-electron chi connectivity index (χ0n) is 14.3. The zero-order chi connectivity index (χ0) is 16.6. The summed E-state index contributed by atoms with van der Waals surface area (Å²) in [5.41, 5.74) is 0.291. The number of nitrogens with zero attached hydrogens (tertiary/aromatic N) is 4. The zero-order valence-corrected chi connectivity index (χ0v) is 11.3. The van der Waals surface area contributed by atoms with Crippen LogP contribution >= 0.6 is 0 Å². The van der Waals surface area contributed by atoms with E-state index in [1.165, 1.54) is 23.9 Å². The van der Waals surface area contributed by atoms with Crippen LogP contribution in [0.25, 0.3) is 5.52 Å². The molecule has 7 nitrogen and oxygen atoms in total. The van der Waals surface area contributed by atoms with Crippen LogP contribution in [-0.4, -0.2) is 51.8 Å². The fourth-order valence-electron chi connectivity index (χ4n) is 1.62. The van der Waals surface area contributed by atoms with Crippen molar-refractivity contribution in [3.63, 3.8) is 0 Å². The molecule has 1 radical (unpaired) electrons. The van der Waals surface area contributed by atoms with Crippen LogP contribution in [0.15, 0.2) is 42.7 Å². The number of carbonyl (C=O) groups excluding carboxylic acids is 1. The maximum absolute atomic E-state index is 12.4. The molecule has 3 rings (SSSR count). The van der Waals surface area contributed by atoms with Crippen molar-refractivity contribution < 1.29 is 18.4 Å². The van der Waals surface area contributed by atoms with Crippen molar-refractivity contribution in [3.05, 3.63) is 48.2 Å². The van der Waals surface area contributed by atoms with Crippen LogP contribution in [0.4, 0.5) is 0 Å². The van der Waals surface area contributed by atoms with Gasteiger partial charge in [-0.25, -0.2) is 9.78 Å². The third-order valence-corrected chi connectivity index (χ3v) is 2.50. The number of pyridine rings is 2. The van der Waals surface area contributed by atoms with Crippen LogP contribution in [0.5, 0.6) is 11.8 Å². The van der Waals surface area contributed by atoms with Gasteiger partial charge in [-0.2, -0.15) is 4.52 Å². The number of rotatable bonds is 3. The van der Waals surface area contributed by atoms with Gasteiger partial charge in [0.25, 0.3) is 0 Å². The van der Waals surface area contributed by atoms with Crippen molar-refractivity contribution in [2.75, 3.05) is 7.11 Å². The van der Waals surface area contributed by atoms with Crippen LogP contribution in [0, 0.1) is 0 Å². The van der Waals surface area contributed by atoms with Gasteiger partial charge in [0.05, 0.1) is 22.9 Å². The Morgan fingerprint density at radius 1 is 1.43 bits per heavy atom. The standard InChI is InChI=1S/C13H10N4O3.Li/c1-19-12-10(5-3-7-14-12)13(18)20-11-6-2-4-9-8-15-16-17(9)11;/h2-8H,1H3;/i3D,5D,7D;. The van der Waals surface area contributed by atoms with Crippen LogP contribution < -0.4 is 9.47 Å². The molecule has 0 aliphatic carbocycles. The van der Waals surface area contributed by atoms with E-state index in [9.17, 15) is 4.79 Å². The van der Waals surface area contributed by atoms with Gasteiger partial charge in [0.15, 0.2) is 0 Å². The molecular formula is C13H10LiN4O3. The normalized spacial score (nSPS) is 12.0. The van der Waals surface area contributed by atoms with Gasteiger partial charge in [0, 0.05) is 31.1 Å². The molecule has 8 heteroatoms. The van der Waals surface area contributed by atoms with E-state index in [2.05, 4.69) is 15.3 Å². The van der Waals surface area contributed by atoms with E-state index in [0.29, 0.717) is 5.52 Å². The average molecular weight is 280 g/mol. The fraction of sp³-hybridized carbons (Fsp3) is 0.0769. The SMILES string of the molecule is [2H]c1nc(OC)c(C(=O)Oc2cccc3cnnn23)c([2H])c1[2H].[Li]. The van der Waals surface area contributed by atoms with Crippen molar-refractivity contribution in [2.45, 2.75) is 0 Å². The molecule has 0 atom stereocenters. The molecule has 0 amide bonds. The minimum Gasteiger partial charge on any atom is -0.480 e. The molecule has 101 valence electrons. The van der Waals surface area contributed by atoms with Crippen LogP contribution in [-0.2, 0) is 0 Å². The molecule has 0 aliphatic rings. The Hall–Kier alpha value is -2.36. The van der Waals surface area contributed by atoms with E-state index in [0.717, 1.165) is 0 Å². The van der Waals surface area contributed by atoms with E-state index in [-0.39, 0.29) is 36.2 Å². The number of hydrogen-bond donors (Lipinski definition) is 0. The van der Waals surface area contributed by atoms with Gasteiger partial charge in [0.1, 0.15) is 5.56 Å². The molecule has 21 heavy (non-hydrogen) atoms. The van der Waals surface area contributed by atoms with Crippen LogP contribution in [0.1, 0.15) is 14.5 Å². The number of ether oxygens (including phenoxy) is 2. The number of carbonyl (C=O) groups is 1. The van der Waals surface area contributed by atoms with Crippen molar-refractivity contribution >= 4 is 30.3 Å². The predicted molar refractivity (Wildman–Crippen MR) is 74.5 cm³/mol. The number of esters is 1. The Balaban J connectivity index is 0.00000208. The quantitative estimate of drug-likeness (QED) is 0.525. The molecule has 0 spiro atoms. The van der Waals surface area contributed by atoms with Gasteiger partial charge in [-0.1, -0.05) is 11.3 Å². The largest absolute Gasteiger partial charge is 0.480 e. The average Bonchev–Trinajstić information content (AvgIpc) is 3.01. The number of aromatic nitrogens is 4. The molecular weight excluding hydrogens is 267 g/mol. The number of methoxy groups -OCH3 is 1. The molecule has 3 aromatic heterocycles. The van der Waals surface area contributed by atoms with E-state index >= 15 is 0 Å². The molecule has 3 heterocycles. The predicted octanol–water partition coefficient (Wildman–Crippen LogP) is 0.971. The molecule has 0 aromatic carbocycles. The van der Waals surface area contributed by atoms with Gasteiger partial charge in [-0.05, 0) is 18.2 Å². The first kappa shape index (κ1) is 11.3. The second-order valence-corrected chi connectivity index (χ2v) is 3.68. The molecule has 0 fully saturated rings. The summed E-state index contributed by atoms with van der Waals surface area (Å²) in [6.07, 6.45) is 1.04. The van der Waals surface area contributed by atoms with Gasteiger partial charge < -0.3 is 9.47 Å². The molecule has 0 aliphatic heterocycles. The van der Waals surface area contributed by atoms with Gasteiger partial charge in [-0.3, -0.25) is 0 Å². The Labute approximate surface area is 136 Å². The summed E-state index contributed by atoms with van der Waals surface area (Å²) in [5, 5.41) is 7.50. The smallest absolute Gasteiger partial charge is 0.350 e. The molecule has 0 unspecified atom stereocenters. The summed E-state index contributed by atoms with van der Waals surface area (Å²) in [6, 6.07) is 3.91. The van der Waals surface area contributed by atoms with Gasteiger partial charge in [0.2, 0.25) is 11.8 Å². The second kappa shape index (κ2) is 6.39. The summed E-state index contributed by atoms with van der Waals surface area (Å²) < 4.78 is 34.4. The van der Waals surface area contributed by atoms with Crippen LogP contribution in [0.3, 0.4) is 0 Å².